The molecule has 0 heterocycles. The number of carboxylic acids is 1. The molecule has 0 aliphatic rings. The average molecular weight is 293 g/mol. The SMILES string of the molecule is C=CCNC(CCC(=O)O)C(O)c1ccc(OCC)cc1. The molecule has 1 rings (SSSR count). The zero-order valence-electron chi connectivity index (χ0n) is 12.3. The van der Waals surface area contributed by atoms with Crippen molar-refractivity contribution in [1.29, 1.82) is 0 Å². The molecule has 0 saturated heterocycles. The molecule has 0 amide bonds. The smallest absolute Gasteiger partial charge is 0.303 e. The van der Waals surface area contributed by atoms with Gasteiger partial charge in [0.1, 0.15) is 5.75 Å². The molecule has 2 atom stereocenters. The topological polar surface area (TPSA) is 78.8 Å². The quantitative estimate of drug-likeness (QED) is 0.576. The Morgan fingerprint density at radius 3 is 2.62 bits per heavy atom. The molecule has 0 fully saturated rings. The highest BCUT2D eigenvalue weighted by Gasteiger charge is 2.21. The van der Waals surface area contributed by atoms with Gasteiger partial charge in [-0.05, 0) is 31.0 Å². The first-order valence-corrected chi connectivity index (χ1v) is 7.05. The maximum absolute atomic E-state index is 10.7. The van der Waals surface area contributed by atoms with E-state index in [1.807, 2.05) is 6.92 Å². The van der Waals surface area contributed by atoms with Crippen LogP contribution in [0.15, 0.2) is 36.9 Å². The molecule has 0 radical (unpaired) electrons. The summed E-state index contributed by atoms with van der Waals surface area (Å²) >= 11 is 0. The number of aliphatic carboxylic acids is 1. The van der Waals surface area contributed by atoms with E-state index in [4.69, 9.17) is 9.84 Å². The third kappa shape index (κ3) is 5.97. The van der Waals surface area contributed by atoms with Gasteiger partial charge in [0.25, 0.3) is 0 Å². The second-order valence-electron chi connectivity index (χ2n) is 4.68. The Hall–Kier alpha value is -1.85. The van der Waals surface area contributed by atoms with E-state index in [0.717, 1.165) is 11.3 Å². The lowest BCUT2D eigenvalue weighted by Gasteiger charge is -2.23. The van der Waals surface area contributed by atoms with Crippen LogP contribution in [-0.2, 0) is 4.79 Å². The summed E-state index contributed by atoms with van der Waals surface area (Å²) < 4.78 is 5.36. The minimum absolute atomic E-state index is 0.00288. The third-order valence-corrected chi connectivity index (χ3v) is 3.11. The van der Waals surface area contributed by atoms with Crippen molar-refractivity contribution < 1.29 is 19.7 Å². The van der Waals surface area contributed by atoms with Crippen LogP contribution in [0.4, 0.5) is 0 Å². The Morgan fingerprint density at radius 1 is 1.43 bits per heavy atom. The van der Waals surface area contributed by atoms with E-state index in [-0.39, 0.29) is 12.5 Å². The van der Waals surface area contributed by atoms with Crippen molar-refractivity contribution in [2.24, 2.45) is 0 Å². The minimum Gasteiger partial charge on any atom is -0.494 e. The summed E-state index contributed by atoms with van der Waals surface area (Å²) in [5, 5.41) is 22.3. The third-order valence-electron chi connectivity index (χ3n) is 3.11. The summed E-state index contributed by atoms with van der Waals surface area (Å²) in [7, 11) is 0. The summed E-state index contributed by atoms with van der Waals surface area (Å²) in [4.78, 5) is 10.7. The van der Waals surface area contributed by atoms with Gasteiger partial charge < -0.3 is 20.3 Å². The van der Waals surface area contributed by atoms with Gasteiger partial charge in [-0.1, -0.05) is 18.2 Å². The number of nitrogens with one attached hydrogen (secondary N) is 1. The monoisotopic (exact) mass is 293 g/mol. The lowest BCUT2D eigenvalue weighted by Crippen LogP contribution is -2.35. The first-order valence-electron chi connectivity index (χ1n) is 7.05. The van der Waals surface area contributed by atoms with Crippen LogP contribution in [0.5, 0.6) is 5.75 Å². The molecule has 116 valence electrons. The summed E-state index contributed by atoms with van der Waals surface area (Å²) in [6.45, 7) is 6.62. The number of benzene rings is 1. The maximum atomic E-state index is 10.7. The fourth-order valence-corrected chi connectivity index (χ4v) is 2.05. The van der Waals surface area contributed by atoms with Crippen molar-refractivity contribution >= 4 is 5.97 Å². The molecule has 0 spiro atoms. The van der Waals surface area contributed by atoms with Crippen molar-refractivity contribution in [3.63, 3.8) is 0 Å². The molecule has 5 heteroatoms. The number of rotatable bonds is 10. The van der Waals surface area contributed by atoms with Gasteiger partial charge in [0.15, 0.2) is 0 Å². The molecule has 0 bridgehead atoms. The normalized spacial score (nSPS) is 13.4. The van der Waals surface area contributed by atoms with E-state index in [9.17, 15) is 9.90 Å². The molecule has 0 aromatic heterocycles. The standard InChI is InChI=1S/C16H23NO4/c1-3-11-17-14(9-10-15(18)19)16(20)12-5-7-13(8-6-12)21-4-2/h3,5-8,14,16-17,20H,1,4,9-11H2,2H3,(H,18,19). The number of carbonyl (C=O) groups is 1. The number of ether oxygens (including phenoxy) is 1. The molecule has 0 saturated carbocycles. The van der Waals surface area contributed by atoms with Crippen LogP contribution in [-0.4, -0.2) is 35.4 Å². The molecular formula is C16H23NO4. The molecule has 0 aliphatic carbocycles. The summed E-state index contributed by atoms with van der Waals surface area (Å²) in [6, 6.07) is 6.84. The summed E-state index contributed by atoms with van der Waals surface area (Å²) in [5.41, 5.74) is 0.727. The van der Waals surface area contributed by atoms with Crippen LogP contribution in [0.1, 0.15) is 31.4 Å². The van der Waals surface area contributed by atoms with Crippen LogP contribution in [0, 0.1) is 0 Å². The van der Waals surface area contributed by atoms with Gasteiger partial charge in [-0.15, -0.1) is 6.58 Å². The molecular weight excluding hydrogens is 270 g/mol. The van der Waals surface area contributed by atoms with Gasteiger partial charge in [-0.3, -0.25) is 4.79 Å². The highest BCUT2D eigenvalue weighted by molar-refractivity contribution is 5.66. The molecule has 5 nitrogen and oxygen atoms in total. The lowest BCUT2D eigenvalue weighted by atomic mass is 9.98. The first kappa shape index (κ1) is 17.2. The van der Waals surface area contributed by atoms with E-state index in [0.29, 0.717) is 19.6 Å². The van der Waals surface area contributed by atoms with Gasteiger partial charge in [-0.25, -0.2) is 0 Å². The maximum Gasteiger partial charge on any atom is 0.303 e. The van der Waals surface area contributed by atoms with E-state index < -0.39 is 12.1 Å². The number of aliphatic hydroxyl groups excluding tert-OH is 1. The zero-order valence-corrected chi connectivity index (χ0v) is 12.3. The van der Waals surface area contributed by atoms with E-state index >= 15 is 0 Å². The molecule has 2 unspecified atom stereocenters. The molecule has 3 N–H and O–H groups in total. The largest absolute Gasteiger partial charge is 0.494 e. The highest BCUT2D eigenvalue weighted by atomic mass is 16.5. The highest BCUT2D eigenvalue weighted by Crippen LogP contribution is 2.22. The Kier molecular flexibility index (Phi) is 7.50. The zero-order chi connectivity index (χ0) is 15.7. The van der Waals surface area contributed by atoms with Gasteiger partial charge in [0, 0.05) is 19.0 Å². The van der Waals surface area contributed by atoms with Crippen LogP contribution in [0.2, 0.25) is 0 Å². The van der Waals surface area contributed by atoms with E-state index in [1.165, 1.54) is 0 Å². The van der Waals surface area contributed by atoms with E-state index in [2.05, 4.69) is 11.9 Å². The summed E-state index contributed by atoms with van der Waals surface area (Å²) in [5.74, 6) is -0.131. The Morgan fingerprint density at radius 2 is 2.10 bits per heavy atom. The van der Waals surface area contributed by atoms with Crippen LogP contribution in [0.25, 0.3) is 0 Å². The second-order valence-corrected chi connectivity index (χ2v) is 4.68. The first-order chi connectivity index (χ1) is 10.1. The second kappa shape index (κ2) is 9.15. The Balaban J connectivity index is 2.74. The predicted octanol–water partition coefficient (Wildman–Crippen LogP) is 2.13. The van der Waals surface area contributed by atoms with Crippen molar-refractivity contribution in [1.82, 2.24) is 5.32 Å². The fraction of sp³-hybridized carbons (Fsp3) is 0.438. The lowest BCUT2D eigenvalue weighted by molar-refractivity contribution is -0.137. The average Bonchev–Trinajstić information content (AvgIpc) is 2.47. The Labute approximate surface area is 125 Å². The number of hydrogen-bond acceptors (Lipinski definition) is 4. The number of hydrogen-bond donors (Lipinski definition) is 3. The summed E-state index contributed by atoms with van der Waals surface area (Å²) in [6.07, 6.45) is 1.25. The minimum atomic E-state index is -0.876. The van der Waals surface area contributed by atoms with Crippen molar-refractivity contribution in [3.8, 4) is 5.75 Å². The van der Waals surface area contributed by atoms with Gasteiger partial charge in [0.2, 0.25) is 0 Å². The van der Waals surface area contributed by atoms with Crippen LogP contribution < -0.4 is 10.1 Å². The van der Waals surface area contributed by atoms with Crippen molar-refractivity contribution in [3.05, 3.63) is 42.5 Å². The molecule has 1 aromatic carbocycles. The molecule has 21 heavy (non-hydrogen) atoms. The number of aliphatic hydroxyl groups is 1. The van der Waals surface area contributed by atoms with Crippen molar-refractivity contribution in [2.45, 2.75) is 31.9 Å². The van der Waals surface area contributed by atoms with E-state index in [1.54, 1.807) is 30.3 Å². The van der Waals surface area contributed by atoms with Gasteiger partial charge >= 0.3 is 5.97 Å². The van der Waals surface area contributed by atoms with Crippen LogP contribution >= 0.6 is 0 Å². The van der Waals surface area contributed by atoms with Gasteiger partial charge in [0.05, 0.1) is 12.7 Å². The number of carboxylic acid groups (broad SMARTS) is 1. The molecule has 1 aromatic rings. The van der Waals surface area contributed by atoms with Gasteiger partial charge in [-0.2, -0.15) is 0 Å². The fourth-order valence-electron chi connectivity index (χ4n) is 2.05. The Bertz CT molecular complexity index is 444. The van der Waals surface area contributed by atoms with Crippen molar-refractivity contribution in [2.75, 3.05) is 13.2 Å². The predicted molar refractivity (Wildman–Crippen MR) is 81.4 cm³/mol. The van der Waals surface area contributed by atoms with Crippen LogP contribution in [0.3, 0.4) is 0 Å². The molecule has 0 aliphatic heterocycles.